The molecule has 0 aromatic carbocycles. The Balaban J connectivity index is 3.41. The lowest BCUT2D eigenvalue weighted by Crippen LogP contribution is -2.56. The third kappa shape index (κ3) is 3.56. The van der Waals surface area contributed by atoms with Gasteiger partial charge in [-0.1, -0.05) is 47.0 Å². The molecule has 134 valence electrons. The first-order valence-electron chi connectivity index (χ1n) is 9.25. The van der Waals surface area contributed by atoms with Gasteiger partial charge in [-0.2, -0.15) is 0 Å². The van der Waals surface area contributed by atoms with Crippen LogP contribution in [0.5, 0.6) is 0 Å². The molecule has 1 aliphatic carbocycles. The second-order valence-electron chi connectivity index (χ2n) is 7.64. The first-order chi connectivity index (χ1) is 10.8. The van der Waals surface area contributed by atoms with Crippen LogP contribution in [0.1, 0.15) is 85.5 Å². The molecule has 2 N–H and O–H groups in total. The minimum absolute atomic E-state index is 0.0260. The molecule has 0 heterocycles. The van der Waals surface area contributed by atoms with Crippen molar-refractivity contribution >= 4 is 11.9 Å². The molecular weight excluding hydrogens is 292 g/mol. The van der Waals surface area contributed by atoms with Crippen molar-refractivity contribution in [3.8, 4) is 0 Å². The van der Waals surface area contributed by atoms with Crippen molar-refractivity contribution in [2.24, 2.45) is 22.7 Å². The van der Waals surface area contributed by atoms with E-state index in [2.05, 4.69) is 13.8 Å². The fourth-order valence-electron chi connectivity index (χ4n) is 4.84. The third-order valence-electron chi connectivity index (χ3n) is 6.26. The fourth-order valence-corrected chi connectivity index (χ4v) is 4.84. The summed E-state index contributed by atoms with van der Waals surface area (Å²) in [5.41, 5.74) is -2.32. The maximum Gasteiger partial charge on any atom is 0.311 e. The highest BCUT2D eigenvalue weighted by Crippen LogP contribution is 2.57. The van der Waals surface area contributed by atoms with Crippen molar-refractivity contribution in [2.45, 2.75) is 85.5 Å². The smallest absolute Gasteiger partial charge is 0.311 e. The maximum atomic E-state index is 12.4. The topological polar surface area (TPSA) is 74.6 Å². The summed E-state index contributed by atoms with van der Waals surface area (Å²) in [6.07, 6.45) is 6.83. The number of carbonyl (C=O) groups is 2. The summed E-state index contributed by atoms with van der Waals surface area (Å²) in [5, 5.41) is 20.3. The number of hydrogen-bond donors (Lipinski definition) is 2. The first-order valence-corrected chi connectivity index (χ1v) is 9.25. The van der Waals surface area contributed by atoms with Gasteiger partial charge in [-0.05, 0) is 50.4 Å². The lowest BCUT2D eigenvalue weighted by Gasteiger charge is -2.50. The van der Waals surface area contributed by atoms with Crippen molar-refractivity contribution < 1.29 is 19.8 Å². The van der Waals surface area contributed by atoms with E-state index in [9.17, 15) is 19.8 Å². The molecule has 0 aromatic heterocycles. The van der Waals surface area contributed by atoms with Crippen molar-refractivity contribution in [2.75, 3.05) is 0 Å². The van der Waals surface area contributed by atoms with E-state index in [1.165, 1.54) is 0 Å². The normalized spacial score (nSPS) is 21.6. The second-order valence-corrected chi connectivity index (χ2v) is 7.64. The summed E-state index contributed by atoms with van der Waals surface area (Å²) >= 11 is 0. The number of rotatable bonds is 9. The van der Waals surface area contributed by atoms with E-state index in [4.69, 9.17) is 0 Å². The molecule has 0 aliphatic heterocycles. The molecule has 1 fully saturated rings. The monoisotopic (exact) mass is 326 g/mol. The predicted octanol–water partition coefficient (Wildman–Crippen LogP) is 4.96. The van der Waals surface area contributed by atoms with Crippen LogP contribution in [0, 0.1) is 22.7 Å². The summed E-state index contributed by atoms with van der Waals surface area (Å²) < 4.78 is 0. The Bertz CT molecular complexity index is 412. The number of aliphatic carboxylic acids is 2. The average Bonchev–Trinajstić information content (AvgIpc) is 2.51. The molecule has 2 unspecified atom stereocenters. The summed E-state index contributed by atoms with van der Waals surface area (Å²) in [4.78, 5) is 24.8. The molecular formula is C19H34O4. The molecule has 0 aromatic rings. The Labute approximate surface area is 140 Å². The molecule has 0 saturated heterocycles. The molecule has 0 bridgehead atoms. The van der Waals surface area contributed by atoms with Gasteiger partial charge < -0.3 is 10.2 Å². The molecule has 1 aliphatic rings. The molecule has 0 amide bonds. The zero-order valence-electron chi connectivity index (χ0n) is 15.2. The van der Waals surface area contributed by atoms with E-state index in [1.54, 1.807) is 0 Å². The zero-order valence-corrected chi connectivity index (χ0v) is 15.2. The van der Waals surface area contributed by atoms with Gasteiger partial charge in [0.2, 0.25) is 0 Å². The van der Waals surface area contributed by atoms with E-state index in [1.807, 2.05) is 13.8 Å². The zero-order chi connectivity index (χ0) is 17.7. The van der Waals surface area contributed by atoms with Crippen molar-refractivity contribution in [3.63, 3.8) is 0 Å². The molecule has 0 radical (unpaired) electrons. The minimum Gasteiger partial charge on any atom is -0.481 e. The van der Waals surface area contributed by atoms with E-state index < -0.39 is 22.8 Å². The lowest BCUT2D eigenvalue weighted by atomic mass is 9.50. The van der Waals surface area contributed by atoms with Crippen LogP contribution in [0.4, 0.5) is 0 Å². The number of hydrogen-bond acceptors (Lipinski definition) is 2. The van der Waals surface area contributed by atoms with Crippen LogP contribution in [-0.4, -0.2) is 22.2 Å². The summed E-state index contributed by atoms with van der Waals surface area (Å²) in [5.74, 6) is -1.48. The standard InChI is InChI=1S/C19H34O4/c1-5-18(16(20)21,13-12-14(3)4)19(6-2,17(22)23)15-10-8-7-9-11-15/h14-15H,5-13H2,1-4H3,(H,20,21)(H,22,23). The van der Waals surface area contributed by atoms with E-state index in [0.29, 0.717) is 25.2 Å². The summed E-state index contributed by atoms with van der Waals surface area (Å²) in [6.45, 7) is 7.85. The van der Waals surface area contributed by atoms with Gasteiger partial charge in [-0.3, -0.25) is 9.59 Å². The van der Waals surface area contributed by atoms with Gasteiger partial charge in [0.05, 0.1) is 10.8 Å². The molecule has 1 saturated carbocycles. The Morgan fingerprint density at radius 2 is 1.57 bits per heavy atom. The largest absolute Gasteiger partial charge is 0.481 e. The quantitative estimate of drug-likeness (QED) is 0.627. The average molecular weight is 326 g/mol. The van der Waals surface area contributed by atoms with Crippen LogP contribution in [0.25, 0.3) is 0 Å². The number of carboxylic acids is 2. The molecule has 2 atom stereocenters. The van der Waals surface area contributed by atoms with E-state index in [-0.39, 0.29) is 5.92 Å². The van der Waals surface area contributed by atoms with Gasteiger partial charge in [0.25, 0.3) is 0 Å². The molecule has 0 spiro atoms. The van der Waals surface area contributed by atoms with Crippen molar-refractivity contribution in [1.29, 1.82) is 0 Å². The second kappa shape index (κ2) is 8.16. The highest BCUT2D eigenvalue weighted by molar-refractivity contribution is 5.87. The summed E-state index contributed by atoms with van der Waals surface area (Å²) in [7, 11) is 0. The summed E-state index contributed by atoms with van der Waals surface area (Å²) in [6, 6.07) is 0. The van der Waals surface area contributed by atoms with Gasteiger partial charge in [0.15, 0.2) is 0 Å². The molecule has 1 rings (SSSR count). The van der Waals surface area contributed by atoms with Gasteiger partial charge in [0.1, 0.15) is 0 Å². The van der Waals surface area contributed by atoms with Crippen LogP contribution in [0.3, 0.4) is 0 Å². The third-order valence-corrected chi connectivity index (χ3v) is 6.26. The van der Waals surface area contributed by atoms with Crippen LogP contribution in [-0.2, 0) is 9.59 Å². The Hall–Kier alpha value is -1.06. The van der Waals surface area contributed by atoms with Crippen LogP contribution in [0.15, 0.2) is 0 Å². The predicted molar refractivity (Wildman–Crippen MR) is 91.4 cm³/mol. The highest BCUT2D eigenvalue weighted by atomic mass is 16.4. The van der Waals surface area contributed by atoms with Gasteiger partial charge in [-0.25, -0.2) is 0 Å². The van der Waals surface area contributed by atoms with Gasteiger partial charge in [0, 0.05) is 0 Å². The van der Waals surface area contributed by atoms with E-state index >= 15 is 0 Å². The lowest BCUT2D eigenvalue weighted by molar-refractivity contribution is -0.185. The molecule has 4 heteroatoms. The minimum atomic E-state index is -1.17. The maximum absolute atomic E-state index is 12.4. The Kier molecular flexibility index (Phi) is 7.09. The SMILES string of the molecule is CCC(CCC(C)C)(C(=O)O)C(CC)(C(=O)O)C1CCCCC1. The van der Waals surface area contributed by atoms with Gasteiger partial charge in [-0.15, -0.1) is 0 Å². The highest BCUT2D eigenvalue weighted by Gasteiger charge is 2.62. The molecule has 4 nitrogen and oxygen atoms in total. The van der Waals surface area contributed by atoms with Gasteiger partial charge >= 0.3 is 11.9 Å². The fraction of sp³-hybridized carbons (Fsp3) is 0.895. The van der Waals surface area contributed by atoms with Crippen LogP contribution >= 0.6 is 0 Å². The first kappa shape index (κ1) is 20.0. The van der Waals surface area contributed by atoms with Crippen molar-refractivity contribution in [3.05, 3.63) is 0 Å². The van der Waals surface area contributed by atoms with E-state index in [0.717, 1.165) is 38.5 Å². The number of carboxylic acid groups (broad SMARTS) is 2. The Morgan fingerprint density at radius 3 is 1.91 bits per heavy atom. The van der Waals surface area contributed by atoms with Crippen LogP contribution in [0.2, 0.25) is 0 Å². The van der Waals surface area contributed by atoms with Crippen molar-refractivity contribution in [1.82, 2.24) is 0 Å². The Morgan fingerprint density at radius 1 is 1.00 bits per heavy atom. The molecule has 23 heavy (non-hydrogen) atoms. The van der Waals surface area contributed by atoms with Crippen LogP contribution < -0.4 is 0 Å².